The summed E-state index contributed by atoms with van der Waals surface area (Å²) in [5.74, 6) is -3.74. The van der Waals surface area contributed by atoms with E-state index >= 15 is 0 Å². The number of carbonyl (C=O) groups excluding carboxylic acids is 1. The van der Waals surface area contributed by atoms with E-state index in [1.165, 1.54) is 6.07 Å². The molecule has 0 aliphatic carbocycles. The molecule has 1 atom stereocenters. The van der Waals surface area contributed by atoms with Gasteiger partial charge in [0.25, 0.3) is 5.92 Å². The maximum atomic E-state index is 14.6. The Balaban J connectivity index is 1.81. The van der Waals surface area contributed by atoms with Crippen LogP contribution in [0.2, 0.25) is 0 Å². The molecule has 2 heterocycles. The zero-order chi connectivity index (χ0) is 20.2. The average molecular weight is 408 g/mol. The minimum Gasteiger partial charge on any atom is -0.356 e. The third-order valence-corrected chi connectivity index (χ3v) is 7.65. The Morgan fingerprint density at radius 1 is 1.07 bits per heavy atom. The average Bonchev–Trinajstić information content (AvgIpc) is 2.63. The highest BCUT2D eigenvalue weighted by atomic mass is 32.2. The van der Waals surface area contributed by atoms with Crippen molar-refractivity contribution in [2.24, 2.45) is 5.41 Å². The van der Waals surface area contributed by atoms with Crippen LogP contribution in [0.3, 0.4) is 0 Å². The van der Waals surface area contributed by atoms with Gasteiger partial charge in [0.1, 0.15) is 0 Å². The van der Waals surface area contributed by atoms with E-state index < -0.39 is 40.2 Å². The zero-order valence-corrected chi connectivity index (χ0v) is 16.4. The van der Waals surface area contributed by atoms with Crippen LogP contribution in [0.25, 0.3) is 10.8 Å². The van der Waals surface area contributed by atoms with Gasteiger partial charge in [-0.05, 0) is 36.8 Å². The predicted molar refractivity (Wildman–Crippen MR) is 102 cm³/mol. The fraction of sp³-hybridized carbons (Fsp3) is 0.450. The van der Waals surface area contributed by atoms with E-state index in [1.54, 1.807) is 18.2 Å². The highest BCUT2D eigenvalue weighted by molar-refractivity contribution is 7.89. The van der Waals surface area contributed by atoms with Crippen LogP contribution in [0, 0.1) is 12.3 Å². The number of halogens is 2. The maximum absolute atomic E-state index is 14.6. The second kappa shape index (κ2) is 6.49. The summed E-state index contributed by atoms with van der Waals surface area (Å²) in [6.45, 7) is 1.17. The Kier molecular flexibility index (Phi) is 4.46. The highest BCUT2D eigenvalue weighted by Gasteiger charge is 2.56. The van der Waals surface area contributed by atoms with Crippen molar-refractivity contribution in [3.63, 3.8) is 0 Å². The lowest BCUT2D eigenvalue weighted by Crippen LogP contribution is -2.61. The number of fused-ring (bicyclic) bond motifs is 1. The molecule has 5 nitrogen and oxygen atoms in total. The van der Waals surface area contributed by atoms with E-state index in [9.17, 15) is 22.0 Å². The van der Waals surface area contributed by atoms with Gasteiger partial charge in [-0.1, -0.05) is 30.3 Å². The molecule has 28 heavy (non-hydrogen) atoms. The molecule has 1 amide bonds. The first-order valence-corrected chi connectivity index (χ1v) is 10.7. The van der Waals surface area contributed by atoms with Gasteiger partial charge in [0.2, 0.25) is 15.9 Å². The minimum absolute atomic E-state index is 0.00207. The van der Waals surface area contributed by atoms with Gasteiger partial charge in [-0.3, -0.25) is 4.79 Å². The van der Waals surface area contributed by atoms with Gasteiger partial charge < -0.3 is 5.32 Å². The van der Waals surface area contributed by atoms with Gasteiger partial charge in [-0.2, -0.15) is 4.31 Å². The molecular weight excluding hydrogens is 386 g/mol. The summed E-state index contributed by atoms with van der Waals surface area (Å²) < 4.78 is 56.8. The number of amides is 1. The van der Waals surface area contributed by atoms with Crippen LogP contribution in [-0.4, -0.2) is 44.2 Å². The van der Waals surface area contributed by atoms with Gasteiger partial charge >= 0.3 is 0 Å². The molecule has 2 aromatic rings. The molecule has 4 rings (SSSR count). The number of rotatable bonds is 2. The smallest absolute Gasteiger partial charge is 0.262 e. The van der Waals surface area contributed by atoms with Crippen molar-refractivity contribution >= 4 is 26.7 Å². The Morgan fingerprint density at radius 3 is 2.50 bits per heavy atom. The van der Waals surface area contributed by atoms with Crippen LogP contribution in [-0.2, 0) is 14.8 Å². The van der Waals surface area contributed by atoms with Crippen molar-refractivity contribution in [2.45, 2.75) is 37.0 Å². The third-order valence-electron chi connectivity index (χ3n) is 5.80. The number of piperidine rings is 2. The van der Waals surface area contributed by atoms with Crippen molar-refractivity contribution in [1.29, 1.82) is 0 Å². The van der Waals surface area contributed by atoms with Gasteiger partial charge in [-0.25, -0.2) is 17.2 Å². The number of nitrogens with one attached hydrogen (secondary N) is 1. The molecule has 0 bridgehead atoms. The van der Waals surface area contributed by atoms with E-state index in [0.29, 0.717) is 18.4 Å². The molecule has 0 aromatic heterocycles. The summed E-state index contributed by atoms with van der Waals surface area (Å²) in [6.07, 6.45) is 0.199. The number of alkyl halides is 2. The van der Waals surface area contributed by atoms with Crippen molar-refractivity contribution in [1.82, 2.24) is 9.62 Å². The monoisotopic (exact) mass is 408 g/mol. The van der Waals surface area contributed by atoms with E-state index in [1.807, 2.05) is 19.1 Å². The molecule has 2 aromatic carbocycles. The topological polar surface area (TPSA) is 66.5 Å². The molecule has 1 spiro atoms. The molecule has 2 fully saturated rings. The van der Waals surface area contributed by atoms with Crippen molar-refractivity contribution < 1.29 is 22.0 Å². The first-order chi connectivity index (χ1) is 13.1. The number of hydrogen-bond donors (Lipinski definition) is 1. The van der Waals surface area contributed by atoms with Crippen molar-refractivity contribution in [3.8, 4) is 0 Å². The molecule has 0 saturated carbocycles. The van der Waals surface area contributed by atoms with E-state index in [0.717, 1.165) is 15.3 Å². The van der Waals surface area contributed by atoms with Gasteiger partial charge in [0, 0.05) is 24.9 Å². The summed E-state index contributed by atoms with van der Waals surface area (Å²) in [6, 6.07) is 10.2. The Hall–Kier alpha value is -2.06. The molecule has 0 radical (unpaired) electrons. The van der Waals surface area contributed by atoms with Crippen molar-refractivity contribution in [3.05, 3.63) is 42.0 Å². The number of carbonyl (C=O) groups is 1. The molecule has 2 saturated heterocycles. The van der Waals surface area contributed by atoms with E-state index in [-0.39, 0.29) is 17.9 Å². The first-order valence-electron chi connectivity index (χ1n) is 9.29. The Labute approximate surface area is 162 Å². The Morgan fingerprint density at radius 2 is 1.79 bits per heavy atom. The number of benzene rings is 2. The maximum Gasteiger partial charge on any atom is 0.262 e. The highest BCUT2D eigenvalue weighted by Crippen LogP contribution is 2.45. The number of nitrogens with zero attached hydrogens (tertiary/aromatic N) is 1. The largest absolute Gasteiger partial charge is 0.356 e. The summed E-state index contributed by atoms with van der Waals surface area (Å²) in [7, 11) is -4.20. The molecule has 2 aliphatic rings. The van der Waals surface area contributed by atoms with Gasteiger partial charge in [-0.15, -0.1) is 0 Å². The lowest BCUT2D eigenvalue weighted by atomic mass is 9.73. The second-order valence-electron chi connectivity index (χ2n) is 7.87. The standard InChI is InChI=1S/C20H22F2N2O3S/c1-14-7-8-17(16-6-3-2-5-15(14)16)28(26,27)24-12-19(11-20(21,22)13-24)9-4-10-23-18(19)25/h2-3,5-8H,4,9-13H2,1H3,(H,23,25). The fourth-order valence-corrected chi connectivity index (χ4v) is 6.21. The third kappa shape index (κ3) is 3.08. The van der Waals surface area contributed by atoms with Crippen molar-refractivity contribution in [2.75, 3.05) is 19.6 Å². The van der Waals surface area contributed by atoms with Crippen LogP contribution in [0.1, 0.15) is 24.8 Å². The van der Waals surface area contributed by atoms with Crippen LogP contribution in [0.5, 0.6) is 0 Å². The molecular formula is C20H22F2N2O3S. The fourth-order valence-electron chi connectivity index (χ4n) is 4.46. The minimum atomic E-state index is -4.20. The summed E-state index contributed by atoms with van der Waals surface area (Å²) in [5.41, 5.74) is -0.477. The van der Waals surface area contributed by atoms with E-state index in [2.05, 4.69) is 5.32 Å². The lowest BCUT2D eigenvalue weighted by molar-refractivity contribution is -0.151. The number of sulfonamides is 1. The summed E-state index contributed by atoms with van der Waals surface area (Å²) in [4.78, 5) is 12.5. The molecule has 1 unspecified atom stereocenters. The van der Waals surface area contributed by atoms with Crippen LogP contribution in [0.4, 0.5) is 8.78 Å². The van der Waals surface area contributed by atoms with Gasteiger partial charge in [0.15, 0.2) is 0 Å². The van der Waals surface area contributed by atoms with Gasteiger partial charge in [0.05, 0.1) is 16.9 Å². The number of aryl methyl sites for hydroxylation is 1. The van der Waals surface area contributed by atoms with Crippen LogP contribution < -0.4 is 5.32 Å². The van der Waals surface area contributed by atoms with Crippen LogP contribution in [0.15, 0.2) is 41.3 Å². The summed E-state index contributed by atoms with van der Waals surface area (Å²) in [5, 5.41) is 3.90. The lowest BCUT2D eigenvalue weighted by Gasteiger charge is -2.46. The molecule has 1 N–H and O–H groups in total. The SMILES string of the molecule is Cc1ccc(S(=O)(=O)N2CC(F)(F)CC3(CCCNC3=O)C2)c2ccccc12. The predicted octanol–water partition coefficient (Wildman–Crippen LogP) is 3.07. The molecule has 2 aliphatic heterocycles. The van der Waals surface area contributed by atoms with Crippen LogP contribution >= 0.6 is 0 Å². The quantitative estimate of drug-likeness (QED) is 0.831. The normalized spacial score (nSPS) is 25.8. The molecule has 150 valence electrons. The summed E-state index contributed by atoms with van der Waals surface area (Å²) >= 11 is 0. The van der Waals surface area contributed by atoms with E-state index in [4.69, 9.17) is 0 Å². The second-order valence-corrected chi connectivity index (χ2v) is 9.78. The first kappa shape index (κ1) is 19.3. The number of hydrogen-bond acceptors (Lipinski definition) is 3. The zero-order valence-electron chi connectivity index (χ0n) is 15.5. The Bertz CT molecular complexity index is 1050. The molecule has 8 heteroatoms.